The molecule has 0 radical (unpaired) electrons. The summed E-state index contributed by atoms with van der Waals surface area (Å²) in [5, 5.41) is 0. The van der Waals surface area contributed by atoms with Crippen molar-refractivity contribution in [1.82, 2.24) is 10.4 Å². The van der Waals surface area contributed by atoms with E-state index in [1.165, 1.54) is 0 Å². The van der Waals surface area contributed by atoms with Crippen LogP contribution in [0.5, 0.6) is 0 Å². The van der Waals surface area contributed by atoms with E-state index >= 15 is 0 Å². The van der Waals surface area contributed by atoms with E-state index in [1.807, 2.05) is 36.4 Å². The Hall–Kier alpha value is -2.40. The molecule has 19 heavy (non-hydrogen) atoms. The maximum absolute atomic E-state index is 11.8. The zero-order valence-electron chi connectivity index (χ0n) is 10.4. The molecule has 0 saturated carbocycles. The number of pyridine rings is 1. The van der Waals surface area contributed by atoms with Crippen molar-refractivity contribution in [3.05, 3.63) is 60.3 Å². The van der Waals surface area contributed by atoms with Crippen LogP contribution in [0, 0.1) is 0 Å². The molecule has 0 saturated heterocycles. The predicted molar refractivity (Wildman–Crippen MR) is 74.1 cm³/mol. The van der Waals surface area contributed by atoms with Crippen LogP contribution in [-0.2, 0) is 11.2 Å². The van der Waals surface area contributed by atoms with Gasteiger partial charge in [0.05, 0.1) is 6.04 Å². The van der Waals surface area contributed by atoms with Crippen LogP contribution >= 0.6 is 0 Å². The lowest BCUT2D eigenvalue weighted by atomic mass is 10.1. The number of benzene rings is 1. The molecule has 5 nitrogen and oxygen atoms in total. The van der Waals surface area contributed by atoms with Gasteiger partial charge in [0, 0.05) is 6.20 Å². The summed E-state index contributed by atoms with van der Waals surface area (Å²) in [4.78, 5) is 15.8. The second-order valence-corrected chi connectivity index (χ2v) is 4.13. The summed E-state index contributed by atoms with van der Waals surface area (Å²) in [6.07, 6.45) is 2.13. The first kappa shape index (κ1) is 13.0. The molecule has 5 heteroatoms. The SMILES string of the molecule is NC(Cc1ccccc1)C(=O)NNc1ccccn1. The summed E-state index contributed by atoms with van der Waals surface area (Å²) in [6.45, 7) is 0. The Labute approximate surface area is 111 Å². The number of carbonyl (C=O) groups excluding carboxylic acids is 1. The summed E-state index contributed by atoms with van der Waals surface area (Å²) < 4.78 is 0. The predicted octanol–water partition coefficient (Wildman–Crippen LogP) is 1.09. The summed E-state index contributed by atoms with van der Waals surface area (Å²) in [5.74, 6) is 0.303. The van der Waals surface area contributed by atoms with Gasteiger partial charge in [-0.25, -0.2) is 4.98 Å². The number of nitrogens with zero attached hydrogens (tertiary/aromatic N) is 1. The number of hydrazine groups is 1. The number of hydrogen-bond donors (Lipinski definition) is 3. The molecule has 0 aliphatic heterocycles. The van der Waals surface area contributed by atoms with Gasteiger partial charge in [-0.1, -0.05) is 36.4 Å². The van der Waals surface area contributed by atoms with Gasteiger partial charge in [0.15, 0.2) is 0 Å². The minimum atomic E-state index is -0.599. The first-order chi connectivity index (χ1) is 9.25. The molecular formula is C14H16N4O. The van der Waals surface area contributed by atoms with Crippen LogP contribution in [0.25, 0.3) is 0 Å². The lowest BCUT2D eigenvalue weighted by Crippen LogP contribution is -2.44. The third kappa shape index (κ3) is 4.08. The van der Waals surface area contributed by atoms with E-state index < -0.39 is 6.04 Å². The Bertz CT molecular complexity index is 515. The average molecular weight is 256 g/mol. The largest absolute Gasteiger partial charge is 0.320 e. The molecule has 1 aromatic heterocycles. The average Bonchev–Trinajstić information content (AvgIpc) is 2.47. The molecule has 0 spiro atoms. The Morgan fingerprint density at radius 3 is 2.58 bits per heavy atom. The highest BCUT2D eigenvalue weighted by molar-refractivity contribution is 5.82. The fourth-order valence-electron chi connectivity index (χ4n) is 1.62. The molecule has 0 fully saturated rings. The molecule has 0 bridgehead atoms. The molecule has 0 aliphatic carbocycles. The maximum Gasteiger partial charge on any atom is 0.255 e. The summed E-state index contributed by atoms with van der Waals surface area (Å²) in [6, 6.07) is 14.4. The third-order valence-electron chi connectivity index (χ3n) is 2.61. The van der Waals surface area contributed by atoms with Gasteiger partial charge >= 0.3 is 0 Å². The third-order valence-corrected chi connectivity index (χ3v) is 2.61. The highest BCUT2D eigenvalue weighted by Gasteiger charge is 2.13. The Morgan fingerprint density at radius 1 is 1.16 bits per heavy atom. The molecule has 2 aromatic rings. The molecule has 2 rings (SSSR count). The minimum Gasteiger partial charge on any atom is -0.320 e. The normalized spacial score (nSPS) is 11.6. The van der Waals surface area contributed by atoms with Crippen molar-refractivity contribution in [3.8, 4) is 0 Å². The molecule has 1 unspecified atom stereocenters. The molecule has 1 heterocycles. The quantitative estimate of drug-likeness (QED) is 0.700. The van der Waals surface area contributed by atoms with Crippen LogP contribution in [0.4, 0.5) is 5.82 Å². The fraction of sp³-hybridized carbons (Fsp3) is 0.143. The van der Waals surface area contributed by atoms with Crippen LogP contribution in [0.2, 0.25) is 0 Å². The lowest BCUT2D eigenvalue weighted by molar-refractivity contribution is -0.121. The number of hydrogen-bond acceptors (Lipinski definition) is 4. The summed E-state index contributed by atoms with van der Waals surface area (Å²) >= 11 is 0. The molecule has 4 N–H and O–H groups in total. The maximum atomic E-state index is 11.8. The van der Waals surface area contributed by atoms with Crippen molar-refractivity contribution in [2.24, 2.45) is 5.73 Å². The summed E-state index contributed by atoms with van der Waals surface area (Å²) in [7, 11) is 0. The van der Waals surface area contributed by atoms with Crippen molar-refractivity contribution in [2.45, 2.75) is 12.5 Å². The van der Waals surface area contributed by atoms with E-state index in [0.29, 0.717) is 12.2 Å². The monoisotopic (exact) mass is 256 g/mol. The van der Waals surface area contributed by atoms with Crippen LogP contribution < -0.4 is 16.6 Å². The topological polar surface area (TPSA) is 80.0 Å². The van der Waals surface area contributed by atoms with Gasteiger partial charge < -0.3 is 5.73 Å². The molecular weight excluding hydrogens is 240 g/mol. The molecule has 1 atom stereocenters. The summed E-state index contributed by atoms with van der Waals surface area (Å²) in [5.41, 5.74) is 12.1. The molecule has 1 amide bonds. The van der Waals surface area contributed by atoms with E-state index in [2.05, 4.69) is 15.8 Å². The number of nitrogens with one attached hydrogen (secondary N) is 2. The van der Waals surface area contributed by atoms with Crippen molar-refractivity contribution < 1.29 is 4.79 Å². The smallest absolute Gasteiger partial charge is 0.255 e. The Morgan fingerprint density at radius 2 is 1.89 bits per heavy atom. The number of aromatic nitrogens is 1. The van der Waals surface area contributed by atoms with Crippen molar-refractivity contribution >= 4 is 11.7 Å². The second-order valence-electron chi connectivity index (χ2n) is 4.13. The zero-order chi connectivity index (χ0) is 13.5. The molecule has 98 valence electrons. The van der Waals surface area contributed by atoms with Gasteiger partial charge in [0.2, 0.25) is 0 Å². The molecule has 0 aliphatic rings. The second kappa shape index (κ2) is 6.51. The van der Waals surface area contributed by atoms with Crippen molar-refractivity contribution in [2.75, 3.05) is 5.43 Å². The van der Waals surface area contributed by atoms with Crippen molar-refractivity contribution in [3.63, 3.8) is 0 Å². The van der Waals surface area contributed by atoms with E-state index in [-0.39, 0.29) is 5.91 Å². The fourth-order valence-corrected chi connectivity index (χ4v) is 1.62. The highest BCUT2D eigenvalue weighted by Crippen LogP contribution is 2.02. The van der Waals surface area contributed by atoms with E-state index in [4.69, 9.17) is 5.73 Å². The number of anilines is 1. The first-order valence-corrected chi connectivity index (χ1v) is 6.02. The van der Waals surface area contributed by atoms with Gasteiger partial charge in [0.1, 0.15) is 5.82 Å². The van der Waals surface area contributed by atoms with Gasteiger partial charge in [-0.15, -0.1) is 0 Å². The zero-order valence-corrected chi connectivity index (χ0v) is 10.4. The lowest BCUT2D eigenvalue weighted by Gasteiger charge is -2.13. The van der Waals surface area contributed by atoms with E-state index in [1.54, 1.807) is 18.3 Å². The highest BCUT2D eigenvalue weighted by atomic mass is 16.2. The van der Waals surface area contributed by atoms with E-state index in [0.717, 1.165) is 5.56 Å². The van der Waals surface area contributed by atoms with Crippen LogP contribution in [0.1, 0.15) is 5.56 Å². The van der Waals surface area contributed by atoms with E-state index in [9.17, 15) is 4.79 Å². The number of carbonyl (C=O) groups is 1. The van der Waals surface area contributed by atoms with Crippen LogP contribution in [0.15, 0.2) is 54.7 Å². The Balaban J connectivity index is 1.83. The van der Waals surface area contributed by atoms with Gasteiger partial charge in [0.25, 0.3) is 5.91 Å². The number of amides is 1. The van der Waals surface area contributed by atoms with Gasteiger partial charge in [-0.3, -0.25) is 15.6 Å². The van der Waals surface area contributed by atoms with Crippen molar-refractivity contribution in [1.29, 1.82) is 0 Å². The van der Waals surface area contributed by atoms with Gasteiger partial charge in [-0.2, -0.15) is 0 Å². The number of rotatable bonds is 5. The minimum absolute atomic E-state index is 0.269. The Kier molecular flexibility index (Phi) is 4.47. The standard InChI is InChI=1S/C14H16N4O/c15-12(10-11-6-2-1-3-7-11)14(19)18-17-13-8-4-5-9-16-13/h1-9,12H,10,15H2,(H,16,17)(H,18,19). The first-order valence-electron chi connectivity index (χ1n) is 6.02. The molecule has 1 aromatic carbocycles. The van der Waals surface area contributed by atoms with Crippen LogP contribution in [0.3, 0.4) is 0 Å². The van der Waals surface area contributed by atoms with Crippen LogP contribution in [-0.4, -0.2) is 16.9 Å². The number of nitrogens with two attached hydrogens (primary N) is 1. The van der Waals surface area contributed by atoms with Gasteiger partial charge in [-0.05, 0) is 24.1 Å².